The van der Waals surface area contributed by atoms with Crippen LogP contribution in [0.4, 0.5) is 0 Å². The lowest BCUT2D eigenvalue weighted by Gasteiger charge is -2.35. The second-order valence-electron chi connectivity index (χ2n) is 6.83. The summed E-state index contributed by atoms with van der Waals surface area (Å²) in [7, 11) is 0. The van der Waals surface area contributed by atoms with E-state index in [4.69, 9.17) is 14.2 Å². The fourth-order valence-electron chi connectivity index (χ4n) is 3.33. The van der Waals surface area contributed by atoms with Gasteiger partial charge in [-0.3, -0.25) is 9.69 Å². The molecule has 0 bridgehead atoms. The molecule has 0 unspecified atom stereocenters. The normalized spacial score (nSPS) is 16.7. The topological polar surface area (TPSA) is 77.0 Å². The van der Waals surface area contributed by atoms with Gasteiger partial charge in [-0.25, -0.2) is 0 Å². The zero-order valence-electron chi connectivity index (χ0n) is 16.0. The molecule has 3 heterocycles. The highest BCUT2D eigenvalue weighted by molar-refractivity contribution is 5.98. The number of piperazine rings is 1. The number of amides is 1. The van der Waals surface area contributed by atoms with Crippen molar-refractivity contribution in [3.8, 4) is 17.4 Å². The number of ether oxygens (including phenoxy) is 3. The van der Waals surface area contributed by atoms with Crippen LogP contribution in [0.25, 0.3) is 0 Å². The molecular weight excluding hydrogens is 360 g/mol. The maximum absolute atomic E-state index is 12.9. The van der Waals surface area contributed by atoms with Gasteiger partial charge < -0.3 is 19.1 Å². The van der Waals surface area contributed by atoms with Crippen molar-refractivity contribution in [2.24, 2.45) is 0 Å². The maximum Gasteiger partial charge on any atom is 0.257 e. The molecule has 1 fully saturated rings. The van der Waals surface area contributed by atoms with Crippen LogP contribution in [0.2, 0.25) is 0 Å². The average molecular weight is 384 g/mol. The van der Waals surface area contributed by atoms with Gasteiger partial charge in [-0.05, 0) is 25.1 Å². The summed E-state index contributed by atoms with van der Waals surface area (Å²) in [5, 5.41) is 7.98. The molecular formula is C20H24N4O4. The number of fused-ring (bicyclic) bond motifs is 1. The van der Waals surface area contributed by atoms with Crippen molar-refractivity contribution >= 4 is 5.91 Å². The Labute approximate surface area is 164 Å². The number of nitrogens with zero attached hydrogens (tertiary/aromatic N) is 4. The van der Waals surface area contributed by atoms with Gasteiger partial charge in [-0.15, -0.1) is 5.10 Å². The van der Waals surface area contributed by atoms with Gasteiger partial charge >= 0.3 is 0 Å². The summed E-state index contributed by atoms with van der Waals surface area (Å²) in [5.41, 5.74) is 1.44. The van der Waals surface area contributed by atoms with Gasteiger partial charge in [0.15, 0.2) is 11.5 Å². The molecule has 148 valence electrons. The van der Waals surface area contributed by atoms with Crippen LogP contribution >= 0.6 is 0 Å². The lowest BCUT2D eigenvalue weighted by Crippen LogP contribution is -2.49. The minimum atomic E-state index is -0.00632. The molecule has 1 amide bonds. The Morgan fingerprint density at radius 3 is 2.68 bits per heavy atom. The van der Waals surface area contributed by atoms with E-state index in [0.29, 0.717) is 55.9 Å². The number of aromatic nitrogens is 2. The highest BCUT2D eigenvalue weighted by Gasteiger charge is 2.27. The number of hydrogen-bond acceptors (Lipinski definition) is 7. The highest BCUT2D eigenvalue weighted by atomic mass is 16.6. The molecule has 1 aromatic heterocycles. The Morgan fingerprint density at radius 2 is 1.89 bits per heavy atom. The third kappa shape index (κ3) is 4.17. The maximum atomic E-state index is 12.9. The first-order valence-electron chi connectivity index (χ1n) is 9.54. The molecule has 2 aromatic rings. The van der Waals surface area contributed by atoms with Crippen molar-refractivity contribution in [2.75, 3.05) is 52.5 Å². The predicted octanol–water partition coefficient (Wildman–Crippen LogP) is 1.39. The monoisotopic (exact) mass is 384 g/mol. The van der Waals surface area contributed by atoms with Crippen LogP contribution in [0.15, 0.2) is 30.3 Å². The molecule has 1 saturated heterocycles. The smallest absolute Gasteiger partial charge is 0.257 e. The summed E-state index contributed by atoms with van der Waals surface area (Å²) in [6.07, 6.45) is 0. The molecule has 28 heavy (non-hydrogen) atoms. The minimum absolute atomic E-state index is 0.00632. The van der Waals surface area contributed by atoms with Crippen molar-refractivity contribution in [2.45, 2.75) is 6.92 Å². The number of para-hydroxylation sites is 1. The Morgan fingerprint density at radius 1 is 1.07 bits per heavy atom. The van der Waals surface area contributed by atoms with E-state index in [9.17, 15) is 4.79 Å². The Bertz CT molecular complexity index is 819. The molecule has 0 aliphatic carbocycles. The van der Waals surface area contributed by atoms with E-state index in [-0.39, 0.29) is 5.91 Å². The lowest BCUT2D eigenvalue weighted by molar-refractivity contribution is 0.0610. The van der Waals surface area contributed by atoms with Gasteiger partial charge in [0, 0.05) is 38.8 Å². The molecule has 1 aromatic carbocycles. The van der Waals surface area contributed by atoms with Gasteiger partial charge in [0.05, 0.1) is 11.3 Å². The van der Waals surface area contributed by atoms with Gasteiger partial charge in [0.1, 0.15) is 19.8 Å². The van der Waals surface area contributed by atoms with Crippen LogP contribution in [0, 0.1) is 6.92 Å². The third-order valence-corrected chi connectivity index (χ3v) is 4.89. The van der Waals surface area contributed by atoms with Crippen molar-refractivity contribution in [3.63, 3.8) is 0 Å². The van der Waals surface area contributed by atoms with Gasteiger partial charge in [0.25, 0.3) is 5.91 Å². The minimum Gasteiger partial charge on any atom is -0.486 e. The molecule has 2 aliphatic heterocycles. The van der Waals surface area contributed by atoms with Crippen LogP contribution in [0.1, 0.15) is 16.1 Å². The standard InChI is InChI=1S/C20H24N4O4/c1-15-5-6-18(22-21-15)27-12-11-23-7-9-24(10-8-23)20(25)16-3-2-4-17-19(16)28-14-13-26-17/h2-6H,7-14H2,1H3. The van der Waals surface area contributed by atoms with Gasteiger partial charge in [0.2, 0.25) is 5.88 Å². The summed E-state index contributed by atoms with van der Waals surface area (Å²) in [6.45, 7) is 7.17. The van der Waals surface area contributed by atoms with E-state index in [0.717, 1.165) is 25.3 Å². The number of benzene rings is 1. The zero-order valence-corrected chi connectivity index (χ0v) is 16.0. The van der Waals surface area contributed by atoms with E-state index in [2.05, 4.69) is 15.1 Å². The van der Waals surface area contributed by atoms with Crippen LogP contribution in [0.5, 0.6) is 17.4 Å². The fourth-order valence-corrected chi connectivity index (χ4v) is 3.33. The van der Waals surface area contributed by atoms with Crippen LogP contribution in [-0.2, 0) is 0 Å². The Balaban J connectivity index is 1.27. The first-order valence-corrected chi connectivity index (χ1v) is 9.54. The van der Waals surface area contributed by atoms with Gasteiger partial charge in [-0.1, -0.05) is 6.07 Å². The van der Waals surface area contributed by atoms with E-state index in [1.165, 1.54) is 0 Å². The molecule has 8 heteroatoms. The largest absolute Gasteiger partial charge is 0.486 e. The van der Waals surface area contributed by atoms with Crippen LogP contribution < -0.4 is 14.2 Å². The van der Waals surface area contributed by atoms with Gasteiger partial charge in [-0.2, -0.15) is 5.10 Å². The predicted molar refractivity (Wildman–Crippen MR) is 102 cm³/mol. The molecule has 4 rings (SSSR count). The van der Waals surface area contributed by atoms with Crippen molar-refractivity contribution < 1.29 is 19.0 Å². The molecule has 0 atom stereocenters. The summed E-state index contributed by atoms with van der Waals surface area (Å²) in [5.74, 6) is 1.74. The first kappa shape index (κ1) is 18.5. The number of rotatable bonds is 5. The molecule has 0 spiro atoms. The quantitative estimate of drug-likeness (QED) is 0.771. The van der Waals surface area contributed by atoms with E-state index >= 15 is 0 Å². The molecule has 2 aliphatic rings. The number of carbonyl (C=O) groups is 1. The Hall–Kier alpha value is -2.87. The SMILES string of the molecule is Cc1ccc(OCCN2CCN(C(=O)c3cccc4c3OCCO4)CC2)nn1. The summed E-state index contributed by atoms with van der Waals surface area (Å²) >= 11 is 0. The van der Waals surface area contributed by atoms with Crippen molar-refractivity contribution in [1.29, 1.82) is 0 Å². The Kier molecular flexibility index (Phi) is 5.57. The lowest BCUT2D eigenvalue weighted by atomic mass is 10.1. The van der Waals surface area contributed by atoms with Crippen molar-refractivity contribution in [3.05, 3.63) is 41.6 Å². The second kappa shape index (κ2) is 8.43. The van der Waals surface area contributed by atoms with E-state index in [1.807, 2.05) is 36.1 Å². The summed E-state index contributed by atoms with van der Waals surface area (Å²) in [6, 6.07) is 9.18. The molecule has 0 N–H and O–H groups in total. The average Bonchev–Trinajstić information content (AvgIpc) is 2.75. The number of hydrogen-bond donors (Lipinski definition) is 0. The van der Waals surface area contributed by atoms with Crippen LogP contribution in [0.3, 0.4) is 0 Å². The summed E-state index contributed by atoms with van der Waals surface area (Å²) < 4.78 is 16.9. The highest BCUT2D eigenvalue weighted by Crippen LogP contribution is 2.34. The second-order valence-corrected chi connectivity index (χ2v) is 6.83. The van der Waals surface area contributed by atoms with E-state index in [1.54, 1.807) is 6.07 Å². The molecule has 0 radical (unpaired) electrons. The number of aryl methyl sites for hydroxylation is 1. The summed E-state index contributed by atoms with van der Waals surface area (Å²) in [4.78, 5) is 17.1. The fraction of sp³-hybridized carbons (Fsp3) is 0.450. The third-order valence-electron chi connectivity index (χ3n) is 4.89. The van der Waals surface area contributed by atoms with E-state index < -0.39 is 0 Å². The van der Waals surface area contributed by atoms with Crippen LogP contribution in [-0.4, -0.2) is 78.4 Å². The molecule has 8 nitrogen and oxygen atoms in total. The zero-order chi connectivity index (χ0) is 19.3. The molecule has 0 saturated carbocycles. The van der Waals surface area contributed by atoms with Crippen molar-refractivity contribution in [1.82, 2.24) is 20.0 Å². The first-order chi connectivity index (χ1) is 13.7. The number of carbonyl (C=O) groups excluding carboxylic acids is 1.